The Bertz CT molecular complexity index is 2290. The Hall–Kier alpha value is -4.74. The summed E-state index contributed by atoms with van der Waals surface area (Å²) in [6, 6.07) is 5.88. The maximum atomic E-state index is 17.6. The molecule has 0 radical (unpaired) electrons. The second kappa shape index (κ2) is 15.9. The van der Waals surface area contributed by atoms with Crippen molar-refractivity contribution in [2.45, 2.75) is 109 Å². The summed E-state index contributed by atoms with van der Waals surface area (Å²) < 4.78 is 57.6. The summed E-state index contributed by atoms with van der Waals surface area (Å²) in [6.45, 7) is 19.2. The van der Waals surface area contributed by atoms with Crippen LogP contribution >= 0.6 is 0 Å². The van der Waals surface area contributed by atoms with Crippen LogP contribution in [0.25, 0.3) is 32.9 Å². The Kier molecular flexibility index (Phi) is 11.7. The molecule has 306 valence electrons. The highest BCUT2D eigenvalue weighted by Gasteiger charge is 2.46. The Morgan fingerprint density at radius 3 is 2.16 bits per heavy atom. The summed E-state index contributed by atoms with van der Waals surface area (Å²) in [4.78, 5) is 39.8. The molecule has 0 aliphatic carbocycles. The monoisotopic (exact) mass is 803 g/mol. The van der Waals surface area contributed by atoms with Gasteiger partial charge in [0.05, 0.1) is 30.3 Å². The standard InChI is InChI=1S/C43H55F2N5O6Si/c1-24(2)57(25(3)4,26(5)6)18-17-31-33(44)16-13-27-19-30(55-23-53-11)20-32(34(27)31)37-36(45)38-35(40(46-37)54-12)39(47-41(51)48(38)10)49-21-28-14-15-29(22-49)50(28)42(52)56-43(7,8)9/h13,16,19-20,24-26,28-29H,14-15,21-23H2,1-12H3. The van der Waals surface area contributed by atoms with E-state index in [0.29, 0.717) is 46.2 Å². The summed E-state index contributed by atoms with van der Waals surface area (Å²) in [5.74, 6) is 2.48. The average molecular weight is 804 g/mol. The van der Waals surface area contributed by atoms with Gasteiger partial charge in [-0.2, -0.15) is 4.98 Å². The van der Waals surface area contributed by atoms with E-state index in [1.54, 1.807) is 23.1 Å². The average Bonchev–Trinajstić information content (AvgIpc) is 3.41. The van der Waals surface area contributed by atoms with Crippen LogP contribution in [0.4, 0.5) is 19.4 Å². The number of nitrogens with zero attached hydrogens (tertiary/aromatic N) is 5. The van der Waals surface area contributed by atoms with Gasteiger partial charge in [-0.3, -0.25) is 9.47 Å². The van der Waals surface area contributed by atoms with E-state index < -0.39 is 31.0 Å². The molecule has 2 aromatic carbocycles. The largest absolute Gasteiger partial charge is 0.480 e. The second-order valence-electron chi connectivity index (χ2n) is 17.2. The molecule has 57 heavy (non-hydrogen) atoms. The van der Waals surface area contributed by atoms with Crippen LogP contribution in [0.3, 0.4) is 0 Å². The van der Waals surface area contributed by atoms with Crippen LogP contribution in [0, 0.1) is 23.1 Å². The third-order valence-electron chi connectivity index (χ3n) is 11.6. The first-order valence-electron chi connectivity index (χ1n) is 19.7. The molecular weight excluding hydrogens is 749 g/mol. The van der Waals surface area contributed by atoms with Crippen LogP contribution in [0.2, 0.25) is 16.6 Å². The van der Waals surface area contributed by atoms with Crippen LogP contribution in [-0.4, -0.2) is 85.4 Å². The van der Waals surface area contributed by atoms with Gasteiger partial charge in [-0.1, -0.05) is 53.5 Å². The van der Waals surface area contributed by atoms with Crippen LogP contribution in [0.15, 0.2) is 29.1 Å². The molecular formula is C43H55F2N5O6Si. The number of hydrogen-bond donors (Lipinski definition) is 0. The molecule has 0 spiro atoms. The van der Waals surface area contributed by atoms with Crippen molar-refractivity contribution in [3.63, 3.8) is 0 Å². The highest BCUT2D eigenvalue weighted by atomic mass is 28.3. The van der Waals surface area contributed by atoms with E-state index >= 15 is 8.78 Å². The lowest BCUT2D eigenvalue weighted by Gasteiger charge is -2.42. The van der Waals surface area contributed by atoms with Crippen molar-refractivity contribution >= 4 is 41.7 Å². The molecule has 2 aliphatic rings. The number of amides is 1. The maximum Gasteiger partial charge on any atom is 0.410 e. The quantitative estimate of drug-likeness (QED) is 0.0935. The molecule has 2 bridgehead atoms. The molecule has 0 N–H and O–H groups in total. The summed E-state index contributed by atoms with van der Waals surface area (Å²) in [6.07, 6.45) is 1.09. The van der Waals surface area contributed by atoms with Gasteiger partial charge in [0.15, 0.2) is 12.6 Å². The number of fused-ring (bicyclic) bond motifs is 4. The van der Waals surface area contributed by atoms with Gasteiger partial charge in [0.25, 0.3) is 0 Å². The van der Waals surface area contributed by atoms with Crippen LogP contribution < -0.4 is 20.1 Å². The number of pyridine rings is 1. The smallest absolute Gasteiger partial charge is 0.410 e. The first-order chi connectivity index (χ1) is 26.8. The van der Waals surface area contributed by atoms with Gasteiger partial charge in [0, 0.05) is 38.2 Å². The van der Waals surface area contributed by atoms with Crippen molar-refractivity contribution in [3.05, 3.63) is 51.9 Å². The molecule has 4 heterocycles. The lowest BCUT2D eigenvalue weighted by Crippen LogP contribution is -2.57. The van der Waals surface area contributed by atoms with Crippen LogP contribution in [-0.2, 0) is 16.5 Å². The Morgan fingerprint density at radius 1 is 0.965 bits per heavy atom. The number of halogens is 2. The molecule has 2 fully saturated rings. The van der Waals surface area contributed by atoms with E-state index in [9.17, 15) is 9.59 Å². The molecule has 2 saturated heterocycles. The van der Waals surface area contributed by atoms with E-state index in [1.165, 1.54) is 27.3 Å². The number of carbonyl (C=O) groups excluding carboxylic acids is 1. The third kappa shape index (κ3) is 7.56. The lowest BCUT2D eigenvalue weighted by molar-refractivity contribution is 0.0122. The fourth-order valence-corrected chi connectivity index (χ4v) is 14.4. The van der Waals surface area contributed by atoms with Crippen molar-refractivity contribution in [3.8, 4) is 34.4 Å². The zero-order chi connectivity index (χ0) is 41.7. The van der Waals surface area contributed by atoms with Gasteiger partial charge in [-0.25, -0.2) is 23.4 Å². The number of carbonyl (C=O) groups is 1. The highest BCUT2D eigenvalue weighted by molar-refractivity contribution is 6.90. The molecule has 1 amide bonds. The minimum atomic E-state index is -2.33. The summed E-state index contributed by atoms with van der Waals surface area (Å²) in [5.41, 5.74) is 3.24. The number of aryl methyl sites for hydroxylation is 1. The molecule has 2 aliphatic heterocycles. The van der Waals surface area contributed by atoms with Gasteiger partial charge in [0.1, 0.15) is 42.1 Å². The number of hydrogen-bond acceptors (Lipinski definition) is 9. The number of piperazine rings is 1. The number of anilines is 1. The molecule has 2 unspecified atom stereocenters. The van der Waals surface area contributed by atoms with Crippen molar-refractivity contribution < 1.29 is 32.5 Å². The summed E-state index contributed by atoms with van der Waals surface area (Å²) >= 11 is 0. The molecule has 11 nitrogen and oxygen atoms in total. The van der Waals surface area contributed by atoms with Gasteiger partial charge < -0.3 is 23.8 Å². The van der Waals surface area contributed by atoms with E-state index in [1.807, 2.05) is 25.7 Å². The van der Waals surface area contributed by atoms with Crippen molar-refractivity contribution in [1.82, 2.24) is 19.4 Å². The second-order valence-corrected chi connectivity index (χ2v) is 22.7. The van der Waals surface area contributed by atoms with Crippen LogP contribution in [0.1, 0.15) is 80.7 Å². The molecule has 2 atom stereocenters. The first kappa shape index (κ1) is 41.9. The van der Waals surface area contributed by atoms with Crippen molar-refractivity contribution in [1.29, 1.82) is 0 Å². The SMILES string of the molecule is COCOc1cc(-c2nc(OC)c3c(N4CC5CCC(C4)N5C(=O)OC(C)(C)C)nc(=O)n(C)c3c2F)c2c(C#C[Si](C(C)C)(C(C)C)C(C)C)c(F)ccc2c1. The van der Waals surface area contributed by atoms with Crippen LogP contribution in [0.5, 0.6) is 11.6 Å². The summed E-state index contributed by atoms with van der Waals surface area (Å²) in [7, 11) is 2.02. The fourth-order valence-electron chi connectivity index (χ4n) is 9.14. The number of benzene rings is 2. The normalized spacial score (nSPS) is 17.2. The molecule has 4 aromatic rings. The fraction of sp³-hybridized carbons (Fsp3) is 0.535. The Balaban J connectivity index is 1.59. The predicted molar refractivity (Wildman–Crippen MR) is 222 cm³/mol. The van der Waals surface area contributed by atoms with Crippen molar-refractivity contribution in [2.75, 3.05) is 39.0 Å². The molecule has 6 rings (SSSR count). The van der Waals surface area contributed by atoms with E-state index in [2.05, 4.69) is 58.0 Å². The Morgan fingerprint density at radius 2 is 1.60 bits per heavy atom. The number of aromatic nitrogens is 3. The third-order valence-corrected chi connectivity index (χ3v) is 17.9. The lowest BCUT2D eigenvalue weighted by atomic mass is 9.95. The number of ether oxygens (including phenoxy) is 4. The van der Waals surface area contributed by atoms with Gasteiger partial charge in [0.2, 0.25) is 5.88 Å². The topological polar surface area (TPSA) is 108 Å². The molecule has 2 aromatic heterocycles. The predicted octanol–water partition coefficient (Wildman–Crippen LogP) is 8.58. The number of methoxy groups -OCH3 is 2. The van der Waals surface area contributed by atoms with Crippen molar-refractivity contribution in [2.24, 2.45) is 7.05 Å². The van der Waals surface area contributed by atoms with E-state index in [-0.39, 0.29) is 64.4 Å². The number of rotatable bonds is 9. The maximum absolute atomic E-state index is 17.6. The minimum absolute atomic E-state index is 0.0210. The summed E-state index contributed by atoms with van der Waals surface area (Å²) in [5, 5.41) is 1.11. The minimum Gasteiger partial charge on any atom is -0.480 e. The Labute approximate surface area is 334 Å². The highest BCUT2D eigenvalue weighted by Crippen LogP contribution is 2.44. The van der Waals surface area contributed by atoms with Gasteiger partial charge >= 0.3 is 11.8 Å². The first-order valence-corrected chi connectivity index (χ1v) is 21.9. The molecule has 0 saturated carbocycles. The zero-order valence-corrected chi connectivity index (χ0v) is 36.2. The van der Waals surface area contributed by atoms with Gasteiger partial charge in [-0.05, 0) is 73.8 Å². The van der Waals surface area contributed by atoms with Gasteiger partial charge in [-0.15, -0.1) is 5.54 Å². The van der Waals surface area contributed by atoms with E-state index in [4.69, 9.17) is 23.9 Å². The zero-order valence-electron chi connectivity index (χ0n) is 35.2. The molecule has 14 heteroatoms. The van der Waals surface area contributed by atoms with E-state index in [0.717, 1.165) is 17.4 Å².